The molecule has 3 rings (SSSR count). The Morgan fingerprint density at radius 1 is 1.14 bits per heavy atom. The van der Waals surface area contributed by atoms with E-state index in [0.717, 1.165) is 10.2 Å². The van der Waals surface area contributed by atoms with Crippen molar-refractivity contribution in [3.8, 4) is 0 Å². The SMILES string of the molecule is O=C(Nc1nccnc1C(=O)O)c1ccc2ncsc2c1. The number of hydrogen-bond acceptors (Lipinski definition) is 6. The second-order valence-corrected chi connectivity index (χ2v) is 4.93. The van der Waals surface area contributed by atoms with Gasteiger partial charge in [-0.3, -0.25) is 4.79 Å². The number of rotatable bonds is 3. The van der Waals surface area contributed by atoms with E-state index in [4.69, 9.17) is 5.11 Å². The monoisotopic (exact) mass is 300 g/mol. The standard InChI is InChI=1S/C13H8N4O3S/c18-12(7-1-2-8-9(5-7)21-6-16-8)17-11-10(13(19)20)14-3-4-15-11/h1-6H,(H,19,20)(H,15,17,18). The Labute approximate surface area is 122 Å². The molecule has 0 atom stereocenters. The Balaban J connectivity index is 1.91. The maximum Gasteiger partial charge on any atom is 0.358 e. The number of nitrogens with zero attached hydrogens (tertiary/aromatic N) is 3. The summed E-state index contributed by atoms with van der Waals surface area (Å²) in [5.41, 5.74) is 2.60. The third-order valence-electron chi connectivity index (χ3n) is 2.73. The smallest absolute Gasteiger partial charge is 0.358 e. The van der Waals surface area contributed by atoms with Crippen molar-refractivity contribution in [3.63, 3.8) is 0 Å². The summed E-state index contributed by atoms with van der Waals surface area (Å²) < 4.78 is 0.875. The van der Waals surface area contributed by atoms with E-state index in [0.29, 0.717) is 5.56 Å². The molecule has 0 unspecified atom stereocenters. The van der Waals surface area contributed by atoms with Crippen LogP contribution in [0.25, 0.3) is 10.2 Å². The first-order valence-electron chi connectivity index (χ1n) is 5.84. The molecular formula is C13H8N4O3S. The number of aromatic nitrogens is 3. The van der Waals surface area contributed by atoms with Crippen molar-refractivity contribution in [1.29, 1.82) is 0 Å². The van der Waals surface area contributed by atoms with Crippen LogP contribution < -0.4 is 5.32 Å². The second kappa shape index (κ2) is 5.25. The lowest BCUT2D eigenvalue weighted by Gasteiger charge is -2.06. The first-order chi connectivity index (χ1) is 10.1. The van der Waals surface area contributed by atoms with E-state index in [1.54, 1.807) is 23.7 Å². The summed E-state index contributed by atoms with van der Waals surface area (Å²) in [5, 5.41) is 11.5. The number of nitrogens with one attached hydrogen (secondary N) is 1. The zero-order valence-electron chi connectivity index (χ0n) is 10.5. The van der Waals surface area contributed by atoms with Crippen LogP contribution in [0.15, 0.2) is 36.1 Å². The van der Waals surface area contributed by atoms with E-state index >= 15 is 0 Å². The molecule has 2 heterocycles. The van der Waals surface area contributed by atoms with Crippen molar-refractivity contribution in [2.45, 2.75) is 0 Å². The van der Waals surface area contributed by atoms with Gasteiger partial charge in [-0.05, 0) is 18.2 Å². The van der Waals surface area contributed by atoms with Crippen LogP contribution in [-0.2, 0) is 0 Å². The van der Waals surface area contributed by atoms with Gasteiger partial charge in [0, 0.05) is 18.0 Å². The molecule has 0 radical (unpaired) electrons. The molecule has 0 aliphatic carbocycles. The van der Waals surface area contributed by atoms with Gasteiger partial charge < -0.3 is 10.4 Å². The summed E-state index contributed by atoms with van der Waals surface area (Å²) in [4.78, 5) is 34.8. The number of fused-ring (bicyclic) bond motifs is 1. The predicted molar refractivity (Wildman–Crippen MR) is 76.6 cm³/mol. The molecule has 8 heteroatoms. The minimum atomic E-state index is -1.25. The Morgan fingerprint density at radius 3 is 2.76 bits per heavy atom. The van der Waals surface area contributed by atoms with Crippen molar-refractivity contribution in [3.05, 3.63) is 47.4 Å². The highest BCUT2D eigenvalue weighted by molar-refractivity contribution is 7.16. The molecular weight excluding hydrogens is 292 g/mol. The summed E-state index contributed by atoms with van der Waals surface area (Å²) in [6.07, 6.45) is 2.57. The topological polar surface area (TPSA) is 105 Å². The molecule has 2 N–H and O–H groups in total. The summed E-state index contributed by atoms with van der Waals surface area (Å²) in [5.74, 6) is -1.79. The average molecular weight is 300 g/mol. The second-order valence-electron chi connectivity index (χ2n) is 4.05. The highest BCUT2D eigenvalue weighted by Crippen LogP contribution is 2.20. The van der Waals surface area contributed by atoms with E-state index < -0.39 is 11.9 Å². The van der Waals surface area contributed by atoms with E-state index in [2.05, 4.69) is 20.3 Å². The number of amides is 1. The Bertz CT molecular complexity index is 846. The van der Waals surface area contributed by atoms with Crippen molar-refractivity contribution >= 4 is 39.2 Å². The van der Waals surface area contributed by atoms with E-state index in [1.165, 1.54) is 23.7 Å². The number of anilines is 1. The molecule has 0 fully saturated rings. The third kappa shape index (κ3) is 2.56. The largest absolute Gasteiger partial charge is 0.476 e. The van der Waals surface area contributed by atoms with Gasteiger partial charge in [-0.15, -0.1) is 11.3 Å². The molecule has 0 saturated carbocycles. The van der Waals surface area contributed by atoms with Crippen molar-refractivity contribution < 1.29 is 14.7 Å². The molecule has 7 nitrogen and oxygen atoms in total. The summed E-state index contributed by atoms with van der Waals surface area (Å²) in [7, 11) is 0. The van der Waals surface area contributed by atoms with Crippen LogP contribution in [0.2, 0.25) is 0 Å². The minimum Gasteiger partial charge on any atom is -0.476 e. The number of benzene rings is 1. The molecule has 0 bridgehead atoms. The number of thiazole rings is 1. The van der Waals surface area contributed by atoms with Crippen molar-refractivity contribution in [2.75, 3.05) is 5.32 Å². The van der Waals surface area contributed by atoms with E-state index in [9.17, 15) is 9.59 Å². The number of aromatic carboxylic acids is 1. The van der Waals surface area contributed by atoms with Crippen molar-refractivity contribution in [1.82, 2.24) is 15.0 Å². The van der Waals surface area contributed by atoms with Gasteiger partial charge in [0.05, 0.1) is 15.7 Å². The van der Waals surface area contributed by atoms with Crippen LogP contribution in [0, 0.1) is 0 Å². The minimum absolute atomic E-state index is 0.0839. The van der Waals surface area contributed by atoms with Crippen LogP contribution in [0.3, 0.4) is 0 Å². The normalized spacial score (nSPS) is 10.5. The zero-order valence-corrected chi connectivity index (χ0v) is 11.3. The number of carboxylic acid groups (broad SMARTS) is 1. The average Bonchev–Trinajstić information content (AvgIpc) is 2.94. The highest BCUT2D eigenvalue weighted by atomic mass is 32.1. The lowest BCUT2D eigenvalue weighted by Crippen LogP contribution is -2.16. The number of hydrogen-bond donors (Lipinski definition) is 2. The molecule has 104 valence electrons. The van der Waals surface area contributed by atoms with Gasteiger partial charge in [0.1, 0.15) is 0 Å². The lowest BCUT2D eigenvalue weighted by atomic mass is 10.2. The lowest BCUT2D eigenvalue weighted by molar-refractivity contribution is 0.0691. The van der Waals surface area contributed by atoms with Crippen LogP contribution in [0.5, 0.6) is 0 Å². The first kappa shape index (κ1) is 13.1. The molecule has 3 aromatic rings. The number of carbonyl (C=O) groups excluding carboxylic acids is 1. The van der Waals surface area contributed by atoms with E-state index in [-0.39, 0.29) is 11.5 Å². The fourth-order valence-corrected chi connectivity index (χ4v) is 2.48. The van der Waals surface area contributed by atoms with Gasteiger partial charge in [0.15, 0.2) is 11.5 Å². The molecule has 2 aromatic heterocycles. The summed E-state index contributed by atoms with van der Waals surface area (Å²) in [6.45, 7) is 0. The predicted octanol–water partition coefficient (Wildman–Crippen LogP) is 2.04. The Hall–Kier alpha value is -2.87. The summed E-state index contributed by atoms with van der Waals surface area (Å²) >= 11 is 1.42. The fraction of sp³-hybridized carbons (Fsp3) is 0. The van der Waals surface area contributed by atoms with Gasteiger partial charge in [-0.25, -0.2) is 19.7 Å². The van der Waals surface area contributed by atoms with Gasteiger partial charge in [0.2, 0.25) is 0 Å². The maximum absolute atomic E-state index is 12.2. The third-order valence-corrected chi connectivity index (χ3v) is 3.52. The zero-order chi connectivity index (χ0) is 14.8. The molecule has 1 aromatic carbocycles. The Morgan fingerprint density at radius 2 is 1.95 bits per heavy atom. The molecule has 0 spiro atoms. The molecule has 21 heavy (non-hydrogen) atoms. The van der Waals surface area contributed by atoms with Crippen LogP contribution in [-0.4, -0.2) is 31.9 Å². The van der Waals surface area contributed by atoms with Gasteiger partial charge in [-0.2, -0.15) is 0 Å². The fourth-order valence-electron chi connectivity index (χ4n) is 1.76. The van der Waals surface area contributed by atoms with E-state index in [1.807, 2.05) is 0 Å². The van der Waals surface area contributed by atoms with Gasteiger partial charge in [-0.1, -0.05) is 0 Å². The van der Waals surface area contributed by atoms with Crippen LogP contribution >= 0.6 is 11.3 Å². The molecule has 0 aliphatic heterocycles. The van der Waals surface area contributed by atoms with Gasteiger partial charge >= 0.3 is 5.97 Å². The maximum atomic E-state index is 12.2. The number of carbonyl (C=O) groups is 2. The molecule has 0 aliphatic rings. The molecule has 1 amide bonds. The summed E-state index contributed by atoms with van der Waals surface area (Å²) in [6, 6.07) is 5.04. The first-order valence-corrected chi connectivity index (χ1v) is 6.72. The number of carboxylic acids is 1. The molecule has 0 saturated heterocycles. The Kier molecular flexibility index (Phi) is 3.28. The highest BCUT2D eigenvalue weighted by Gasteiger charge is 2.16. The van der Waals surface area contributed by atoms with Crippen molar-refractivity contribution in [2.24, 2.45) is 0 Å². The van der Waals surface area contributed by atoms with Gasteiger partial charge in [0.25, 0.3) is 5.91 Å². The quantitative estimate of drug-likeness (QED) is 0.766. The van der Waals surface area contributed by atoms with Crippen LogP contribution in [0.1, 0.15) is 20.8 Å². The van der Waals surface area contributed by atoms with Crippen LogP contribution in [0.4, 0.5) is 5.82 Å².